The molecule has 1 N–H and O–H groups in total. The van der Waals surface area contributed by atoms with Gasteiger partial charge in [-0.2, -0.15) is 0 Å². The Kier molecular flexibility index (Phi) is 2.23. The van der Waals surface area contributed by atoms with E-state index in [0.717, 1.165) is 5.35 Å². The fourth-order valence-corrected chi connectivity index (χ4v) is 1.74. The van der Waals surface area contributed by atoms with Crippen molar-refractivity contribution in [1.82, 2.24) is 4.98 Å². The van der Waals surface area contributed by atoms with Gasteiger partial charge in [0.2, 0.25) is 0 Å². The molecule has 1 aromatic carbocycles. The molecule has 1 nitrogen and oxygen atoms in total. The summed E-state index contributed by atoms with van der Waals surface area (Å²) in [5, 5.41) is 3.65. The lowest BCUT2D eigenvalue weighted by molar-refractivity contribution is 1.36. The largest absolute Gasteiger partial charge is 0.355 e. The second-order valence-corrected chi connectivity index (χ2v) is 3.19. The van der Waals surface area contributed by atoms with Crippen LogP contribution >= 0.6 is 0 Å². The van der Waals surface area contributed by atoms with Gasteiger partial charge in [0.05, 0.1) is 0 Å². The van der Waals surface area contributed by atoms with Crippen molar-refractivity contribution < 1.29 is 0 Å². The maximum Gasteiger partial charge on any atom is 0.0464 e. The minimum atomic E-state index is 1.13. The van der Waals surface area contributed by atoms with Crippen molar-refractivity contribution >= 4 is 23.1 Å². The van der Waals surface area contributed by atoms with E-state index in [1.165, 1.54) is 16.1 Å². The second-order valence-electron chi connectivity index (χ2n) is 3.19. The van der Waals surface area contributed by atoms with E-state index in [9.17, 15) is 0 Å². The van der Waals surface area contributed by atoms with E-state index in [4.69, 9.17) is 0 Å². The van der Waals surface area contributed by atoms with Crippen molar-refractivity contribution in [2.24, 2.45) is 0 Å². The van der Waals surface area contributed by atoms with Gasteiger partial charge in [-0.05, 0) is 19.1 Å². The van der Waals surface area contributed by atoms with Crippen LogP contribution in [0.3, 0.4) is 0 Å². The molecule has 0 aliphatic heterocycles. The Morgan fingerprint density at radius 2 is 2.07 bits per heavy atom. The van der Waals surface area contributed by atoms with Crippen LogP contribution in [0.5, 0.6) is 0 Å². The molecule has 0 aliphatic rings. The van der Waals surface area contributed by atoms with Gasteiger partial charge in [-0.15, -0.1) is 0 Å². The third kappa shape index (κ3) is 1.27. The minimum Gasteiger partial charge on any atom is -0.355 e. The Morgan fingerprint density at radius 3 is 2.79 bits per heavy atom. The van der Waals surface area contributed by atoms with Crippen molar-refractivity contribution in [3.63, 3.8) is 0 Å². The van der Waals surface area contributed by atoms with E-state index in [1.54, 1.807) is 6.08 Å². The highest BCUT2D eigenvalue weighted by Crippen LogP contribution is 2.03. The summed E-state index contributed by atoms with van der Waals surface area (Å²) in [5.41, 5.74) is 1.17. The molecule has 2 aromatic rings. The molecule has 0 unspecified atom stereocenters. The van der Waals surface area contributed by atoms with Crippen molar-refractivity contribution in [3.8, 4) is 0 Å². The quantitative estimate of drug-likeness (QED) is 0.695. The molecule has 0 fully saturated rings. The highest BCUT2D eigenvalue weighted by molar-refractivity contribution is 5.81. The van der Waals surface area contributed by atoms with Crippen molar-refractivity contribution in [2.45, 2.75) is 6.92 Å². The number of nitrogens with one attached hydrogen (secondary N) is 1. The van der Waals surface area contributed by atoms with Crippen molar-refractivity contribution in [2.75, 3.05) is 0 Å². The second kappa shape index (κ2) is 3.54. The van der Waals surface area contributed by atoms with Crippen LogP contribution in [-0.4, -0.2) is 4.98 Å². The molecule has 1 heteroatoms. The fraction of sp³-hybridized carbons (Fsp3) is 0.0769. The van der Waals surface area contributed by atoms with Crippen LogP contribution in [0.25, 0.3) is 23.1 Å². The number of hydrogen-bond donors (Lipinski definition) is 1. The number of hydrogen-bond acceptors (Lipinski definition) is 0. The molecule has 14 heavy (non-hydrogen) atoms. The molecule has 0 aliphatic carbocycles. The van der Waals surface area contributed by atoms with Gasteiger partial charge < -0.3 is 4.98 Å². The number of fused-ring (bicyclic) bond motifs is 1. The number of para-hydroxylation sites is 1. The Balaban J connectivity index is 3.01. The third-order valence-electron chi connectivity index (χ3n) is 2.35. The SMILES string of the molecule is C=C/C=c1/[nH]c2ccccc2/c1=C/C. The lowest BCUT2D eigenvalue weighted by Gasteiger charge is -1.85. The van der Waals surface area contributed by atoms with Gasteiger partial charge in [0.25, 0.3) is 0 Å². The van der Waals surface area contributed by atoms with Gasteiger partial charge in [-0.3, -0.25) is 0 Å². The molecule has 1 heterocycles. The van der Waals surface area contributed by atoms with Crippen LogP contribution in [0.4, 0.5) is 0 Å². The van der Waals surface area contributed by atoms with Crippen LogP contribution in [0.15, 0.2) is 36.9 Å². The Morgan fingerprint density at radius 1 is 1.29 bits per heavy atom. The first-order chi connectivity index (χ1) is 6.86. The first-order valence-electron chi connectivity index (χ1n) is 4.72. The number of benzene rings is 1. The molecule has 2 rings (SSSR count). The monoisotopic (exact) mass is 183 g/mol. The van der Waals surface area contributed by atoms with Gasteiger partial charge in [0.15, 0.2) is 0 Å². The predicted molar refractivity (Wildman–Crippen MR) is 62.3 cm³/mol. The first kappa shape index (κ1) is 8.82. The molecule has 70 valence electrons. The molecular weight excluding hydrogens is 170 g/mol. The zero-order valence-electron chi connectivity index (χ0n) is 8.25. The molecule has 0 spiro atoms. The number of rotatable bonds is 1. The molecular formula is C13H13N. The summed E-state index contributed by atoms with van der Waals surface area (Å²) in [6.07, 6.45) is 5.92. The summed E-state index contributed by atoms with van der Waals surface area (Å²) < 4.78 is 0. The van der Waals surface area contributed by atoms with E-state index < -0.39 is 0 Å². The van der Waals surface area contributed by atoms with Gasteiger partial charge in [-0.1, -0.05) is 36.9 Å². The lowest BCUT2D eigenvalue weighted by Crippen LogP contribution is -2.21. The average Bonchev–Trinajstić information content (AvgIpc) is 2.55. The lowest BCUT2D eigenvalue weighted by atomic mass is 10.2. The van der Waals surface area contributed by atoms with E-state index in [2.05, 4.69) is 42.8 Å². The smallest absolute Gasteiger partial charge is 0.0464 e. The van der Waals surface area contributed by atoms with E-state index in [-0.39, 0.29) is 0 Å². The van der Waals surface area contributed by atoms with Gasteiger partial charge in [-0.25, -0.2) is 0 Å². The number of aromatic nitrogens is 1. The van der Waals surface area contributed by atoms with E-state index in [0.29, 0.717) is 0 Å². The topological polar surface area (TPSA) is 15.8 Å². The zero-order valence-corrected chi connectivity index (χ0v) is 8.25. The molecule has 0 bridgehead atoms. The summed E-state index contributed by atoms with van der Waals surface area (Å²) in [5.74, 6) is 0. The number of allylic oxidation sites excluding steroid dienone is 1. The molecule has 0 radical (unpaired) electrons. The Bertz CT molecular complexity index is 573. The minimum absolute atomic E-state index is 1.13. The van der Waals surface area contributed by atoms with Gasteiger partial charge in [0.1, 0.15) is 0 Å². The van der Waals surface area contributed by atoms with Crippen molar-refractivity contribution in [3.05, 3.63) is 47.5 Å². The maximum atomic E-state index is 3.71. The number of H-pyrrole nitrogens is 1. The average molecular weight is 183 g/mol. The first-order valence-corrected chi connectivity index (χ1v) is 4.72. The molecule has 0 amide bonds. The van der Waals surface area contributed by atoms with Gasteiger partial charge >= 0.3 is 0 Å². The summed E-state index contributed by atoms with van der Waals surface area (Å²) in [7, 11) is 0. The van der Waals surface area contributed by atoms with E-state index in [1.807, 2.05) is 12.1 Å². The number of aromatic amines is 1. The molecule has 0 saturated heterocycles. The summed E-state index contributed by atoms with van der Waals surface area (Å²) in [6.45, 7) is 5.76. The summed E-state index contributed by atoms with van der Waals surface area (Å²) in [4.78, 5) is 3.36. The fourth-order valence-electron chi connectivity index (χ4n) is 1.74. The molecule has 1 aromatic heterocycles. The van der Waals surface area contributed by atoms with Crippen LogP contribution in [0.2, 0.25) is 0 Å². The van der Waals surface area contributed by atoms with E-state index >= 15 is 0 Å². The third-order valence-corrected chi connectivity index (χ3v) is 2.35. The van der Waals surface area contributed by atoms with Gasteiger partial charge in [0, 0.05) is 21.5 Å². The normalized spacial score (nSPS) is 13.8. The predicted octanol–water partition coefficient (Wildman–Crippen LogP) is 1.93. The van der Waals surface area contributed by atoms with Crippen LogP contribution in [0.1, 0.15) is 6.92 Å². The highest BCUT2D eigenvalue weighted by atomic mass is 14.7. The Hall–Kier alpha value is -1.76. The molecule has 0 saturated carbocycles. The van der Waals surface area contributed by atoms with Crippen LogP contribution in [-0.2, 0) is 0 Å². The Labute approximate surface area is 83.1 Å². The summed E-state index contributed by atoms with van der Waals surface area (Å²) >= 11 is 0. The summed E-state index contributed by atoms with van der Waals surface area (Å²) in [6, 6.07) is 8.31. The van der Waals surface area contributed by atoms with Crippen LogP contribution < -0.4 is 10.6 Å². The zero-order chi connectivity index (χ0) is 9.97. The highest BCUT2D eigenvalue weighted by Gasteiger charge is 1.96. The van der Waals surface area contributed by atoms with Crippen molar-refractivity contribution in [1.29, 1.82) is 0 Å². The van der Waals surface area contributed by atoms with Crippen LogP contribution in [0, 0.1) is 0 Å². The maximum absolute atomic E-state index is 3.71. The molecule has 0 atom stereocenters. The standard InChI is InChI=1S/C13H13N/c1-3-7-12-10(4-2)11-8-5-6-9-13(11)14-12/h3-9,14H,1H2,2H3/b10-4-,12-7+.